The van der Waals surface area contributed by atoms with Crippen molar-refractivity contribution in [2.75, 3.05) is 0 Å². The predicted molar refractivity (Wildman–Crippen MR) is 77.8 cm³/mol. The summed E-state index contributed by atoms with van der Waals surface area (Å²) >= 11 is 1.48. The van der Waals surface area contributed by atoms with Gasteiger partial charge in [0.1, 0.15) is 4.83 Å². The lowest BCUT2D eigenvalue weighted by atomic mass is 10.2. The Kier molecular flexibility index (Phi) is 3.24. The van der Waals surface area contributed by atoms with Crippen LogP contribution < -0.4 is 16.4 Å². The van der Waals surface area contributed by atoms with E-state index in [9.17, 15) is 19.5 Å². The third-order valence-corrected chi connectivity index (χ3v) is 5.11. The van der Waals surface area contributed by atoms with E-state index in [0.29, 0.717) is 10.2 Å². The second-order valence-corrected chi connectivity index (χ2v) is 6.63. The topological polar surface area (TPSA) is 84.1 Å². The van der Waals surface area contributed by atoms with Gasteiger partial charge in [-0.1, -0.05) is 0 Å². The number of hydrogen-bond donors (Lipinski definition) is 0. The number of carbonyl (C=O) groups is 1. The molecule has 0 aromatic carbocycles. The fraction of sp³-hybridized carbons (Fsp3) is 0.500. The first-order chi connectivity index (χ1) is 9.91. The summed E-state index contributed by atoms with van der Waals surface area (Å²) in [6.45, 7) is 2.99. The Morgan fingerprint density at radius 3 is 2.67 bits per heavy atom. The maximum Gasteiger partial charge on any atom is 0.332 e. The Hall–Kier alpha value is -1.89. The molecule has 1 aliphatic carbocycles. The molecular weight excluding hydrogens is 292 g/mol. The summed E-state index contributed by atoms with van der Waals surface area (Å²) in [5, 5.41) is 11.4. The zero-order chi connectivity index (χ0) is 15.3. The van der Waals surface area contributed by atoms with Crippen molar-refractivity contribution in [3.63, 3.8) is 0 Å². The average molecular weight is 307 g/mol. The minimum atomic E-state index is -1.43. The van der Waals surface area contributed by atoms with Crippen LogP contribution in [0.4, 0.5) is 0 Å². The zero-order valence-electron chi connectivity index (χ0n) is 11.8. The van der Waals surface area contributed by atoms with E-state index in [1.54, 1.807) is 0 Å². The zero-order valence-corrected chi connectivity index (χ0v) is 12.7. The number of thiophene rings is 1. The van der Waals surface area contributed by atoms with Gasteiger partial charge in [0.05, 0.1) is 17.9 Å². The summed E-state index contributed by atoms with van der Waals surface area (Å²) in [5.74, 6) is -1.43. The van der Waals surface area contributed by atoms with Gasteiger partial charge in [-0.05, 0) is 38.7 Å². The average Bonchev–Trinajstić information content (AvgIpc) is 2.93. The van der Waals surface area contributed by atoms with E-state index < -0.39 is 23.8 Å². The van der Waals surface area contributed by atoms with Gasteiger partial charge in [0.25, 0.3) is 5.56 Å². The van der Waals surface area contributed by atoms with E-state index in [4.69, 9.17) is 0 Å². The van der Waals surface area contributed by atoms with Crippen LogP contribution in [0.15, 0.2) is 9.59 Å². The number of aryl methyl sites for hydroxylation is 2. The van der Waals surface area contributed by atoms with Gasteiger partial charge >= 0.3 is 5.69 Å². The molecule has 7 heteroatoms. The molecule has 0 radical (unpaired) electrons. The highest BCUT2D eigenvalue weighted by atomic mass is 32.1. The summed E-state index contributed by atoms with van der Waals surface area (Å²) in [7, 11) is 0. The summed E-state index contributed by atoms with van der Waals surface area (Å²) in [6, 6.07) is -0.146. The number of nitrogens with zero attached hydrogens (tertiary/aromatic N) is 2. The monoisotopic (exact) mass is 307 g/mol. The summed E-state index contributed by atoms with van der Waals surface area (Å²) in [4.78, 5) is 37.6. The molecule has 0 bridgehead atoms. The van der Waals surface area contributed by atoms with Gasteiger partial charge in [0.15, 0.2) is 0 Å². The minimum absolute atomic E-state index is 0.146. The van der Waals surface area contributed by atoms with Gasteiger partial charge < -0.3 is 9.90 Å². The second-order valence-electron chi connectivity index (χ2n) is 5.55. The minimum Gasteiger partial charge on any atom is -0.548 e. The quantitative estimate of drug-likeness (QED) is 0.801. The summed E-state index contributed by atoms with van der Waals surface area (Å²) in [6.07, 6.45) is 2.73. The number of hydrogen-bond acceptors (Lipinski definition) is 5. The molecule has 2 aromatic heterocycles. The van der Waals surface area contributed by atoms with Crippen LogP contribution in [0.2, 0.25) is 0 Å². The standard InChI is InChI=1S/C14H16N2O4S/c1-7(2)16-13-11(8-4-3-5-9(8)21-13)12(19)15(14(16)20)6-10(17)18/h7H,3-6H2,1-2H3,(H,17,18)/p-1. The third-order valence-electron chi connectivity index (χ3n) is 3.82. The van der Waals surface area contributed by atoms with Crippen molar-refractivity contribution in [1.29, 1.82) is 0 Å². The molecule has 0 fully saturated rings. The van der Waals surface area contributed by atoms with Gasteiger partial charge in [-0.25, -0.2) is 4.79 Å². The van der Waals surface area contributed by atoms with E-state index in [1.165, 1.54) is 15.9 Å². The number of rotatable bonds is 3. The van der Waals surface area contributed by atoms with Crippen LogP contribution in [0, 0.1) is 0 Å². The van der Waals surface area contributed by atoms with Crippen molar-refractivity contribution < 1.29 is 9.90 Å². The van der Waals surface area contributed by atoms with Crippen molar-refractivity contribution in [2.24, 2.45) is 0 Å². The molecule has 0 spiro atoms. The molecule has 0 atom stereocenters. The van der Waals surface area contributed by atoms with Crippen molar-refractivity contribution >= 4 is 27.5 Å². The molecule has 21 heavy (non-hydrogen) atoms. The van der Waals surface area contributed by atoms with E-state index in [0.717, 1.165) is 34.3 Å². The first-order valence-corrected chi connectivity index (χ1v) is 7.73. The van der Waals surface area contributed by atoms with Crippen LogP contribution in [0.3, 0.4) is 0 Å². The van der Waals surface area contributed by atoms with Crippen LogP contribution in [0.5, 0.6) is 0 Å². The molecule has 112 valence electrons. The highest BCUT2D eigenvalue weighted by molar-refractivity contribution is 7.18. The molecule has 0 unspecified atom stereocenters. The van der Waals surface area contributed by atoms with Gasteiger partial charge in [-0.3, -0.25) is 13.9 Å². The van der Waals surface area contributed by atoms with Gasteiger partial charge in [0, 0.05) is 10.9 Å². The Labute approximate surface area is 124 Å². The molecule has 0 saturated carbocycles. The Balaban J connectivity index is 2.46. The van der Waals surface area contributed by atoms with Gasteiger partial charge in [-0.2, -0.15) is 0 Å². The lowest BCUT2D eigenvalue weighted by Gasteiger charge is -2.15. The molecule has 1 aliphatic rings. The van der Waals surface area contributed by atoms with Crippen LogP contribution >= 0.6 is 11.3 Å². The molecular formula is C14H15N2O4S-. The van der Waals surface area contributed by atoms with Crippen molar-refractivity contribution in [2.45, 2.75) is 45.7 Å². The number of carboxylic acid groups (broad SMARTS) is 1. The molecule has 0 aliphatic heterocycles. The number of aliphatic carboxylic acids is 1. The van der Waals surface area contributed by atoms with Crippen LogP contribution in [-0.2, 0) is 24.2 Å². The third kappa shape index (κ3) is 2.03. The molecule has 2 heterocycles. The predicted octanol–water partition coefficient (Wildman–Crippen LogP) is 0.0442. The van der Waals surface area contributed by atoms with Crippen LogP contribution in [-0.4, -0.2) is 15.1 Å². The highest BCUT2D eigenvalue weighted by Crippen LogP contribution is 2.35. The number of aromatic nitrogens is 2. The Morgan fingerprint density at radius 2 is 2.05 bits per heavy atom. The second kappa shape index (κ2) is 4.84. The van der Waals surface area contributed by atoms with E-state index >= 15 is 0 Å². The molecule has 2 aromatic rings. The lowest BCUT2D eigenvalue weighted by Crippen LogP contribution is -2.44. The van der Waals surface area contributed by atoms with E-state index in [1.807, 2.05) is 13.8 Å². The number of carboxylic acids is 1. The summed E-state index contributed by atoms with van der Waals surface area (Å²) in [5.41, 5.74) is -0.0939. The van der Waals surface area contributed by atoms with E-state index in [2.05, 4.69) is 0 Å². The largest absolute Gasteiger partial charge is 0.548 e. The molecule has 6 nitrogen and oxygen atoms in total. The molecule has 0 amide bonds. The van der Waals surface area contributed by atoms with Crippen LogP contribution in [0.1, 0.15) is 36.8 Å². The maximum absolute atomic E-state index is 12.5. The molecule has 3 rings (SSSR count). The highest BCUT2D eigenvalue weighted by Gasteiger charge is 2.25. The maximum atomic E-state index is 12.5. The summed E-state index contributed by atoms with van der Waals surface area (Å²) < 4.78 is 2.30. The number of fused-ring (bicyclic) bond motifs is 3. The first-order valence-electron chi connectivity index (χ1n) is 6.91. The van der Waals surface area contributed by atoms with Crippen molar-refractivity contribution in [1.82, 2.24) is 9.13 Å². The van der Waals surface area contributed by atoms with Crippen LogP contribution in [0.25, 0.3) is 10.2 Å². The lowest BCUT2D eigenvalue weighted by molar-refractivity contribution is -0.306. The Bertz CT molecular complexity index is 856. The molecule has 0 N–H and O–H groups in total. The first kappa shape index (κ1) is 14.1. The smallest absolute Gasteiger partial charge is 0.332 e. The normalized spacial score (nSPS) is 14.0. The van der Waals surface area contributed by atoms with Gasteiger partial charge in [0.2, 0.25) is 0 Å². The SMILES string of the molecule is CC(C)n1c(=O)n(CC(=O)[O-])c(=O)c2c3c(sc21)CCC3. The van der Waals surface area contributed by atoms with Crippen molar-refractivity contribution in [3.05, 3.63) is 31.3 Å². The number of carbonyl (C=O) groups excluding carboxylic acids is 1. The van der Waals surface area contributed by atoms with E-state index in [-0.39, 0.29) is 6.04 Å². The fourth-order valence-corrected chi connectivity index (χ4v) is 4.45. The van der Waals surface area contributed by atoms with Crippen molar-refractivity contribution in [3.8, 4) is 0 Å². The molecule has 0 saturated heterocycles. The van der Waals surface area contributed by atoms with Gasteiger partial charge in [-0.15, -0.1) is 11.3 Å². The fourth-order valence-electron chi connectivity index (χ4n) is 2.94. The Morgan fingerprint density at radius 1 is 1.33 bits per heavy atom.